The fourth-order valence-corrected chi connectivity index (χ4v) is 5.26. The standard InChI is InChI=1S/C21H32N4O2S/c1-5-16(2)17(3)11-22-20-13-25(12-19(20)18-9-7-6-8-10-18)28(26,27)21-14-24(4)15-23-21/h6-10,14-17,19-20,22H,5,11-13H2,1-4H3. The molecule has 0 aliphatic carbocycles. The molecule has 7 heteroatoms. The fraction of sp³-hybridized carbons (Fsp3) is 0.571. The second-order valence-corrected chi connectivity index (χ2v) is 9.98. The molecular weight excluding hydrogens is 372 g/mol. The maximum atomic E-state index is 13.1. The Morgan fingerprint density at radius 1 is 1.18 bits per heavy atom. The van der Waals surface area contributed by atoms with E-state index in [1.807, 2.05) is 18.2 Å². The number of aryl methyl sites for hydroxylation is 1. The highest BCUT2D eigenvalue weighted by atomic mass is 32.2. The number of hydrogen-bond donors (Lipinski definition) is 1. The molecule has 3 rings (SSSR count). The highest BCUT2D eigenvalue weighted by molar-refractivity contribution is 7.89. The van der Waals surface area contributed by atoms with E-state index < -0.39 is 10.0 Å². The molecule has 1 aliphatic rings. The molecule has 1 aromatic heterocycles. The third-order valence-corrected chi connectivity index (χ3v) is 7.83. The average Bonchev–Trinajstić information content (AvgIpc) is 3.33. The monoisotopic (exact) mass is 404 g/mol. The predicted octanol–water partition coefficient (Wildman–Crippen LogP) is 2.85. The molecule has 4 atom stereocenters. The lowest BCUT2D eigenvalue weighted by Crippen LogP contribution is -2.39. The van der Waals surface area contributed by atoms with Gasteiger partial charge in [0.05, 0.1) is 6.33 Å². The number of nitrogens with zero attached hydrogens (tertiary/aromatic N) is 3. The normalized spacial score (nSPS) is 23.0. The molecule has 0 radical (unpaired) electrons. The molecule has 0 saturated carbocycles. The van der Waals surface area contributed by atoms with Gasteiger partial charge in [0.2, 0.25) is 0 Å². The van der Waals surface area contributed by atoms with Crippen molar-refractivity contribution in [1.29, 1.82) is 0 Å². The minimum Gasteiger partial charge on any atom is -0.339 e. The number of imidazole rings is 1. The zero-order valence-electron chi connectivity index (χ0n) is 17.2. The van der Waals surface area contributed by atoms with E-state index in [1.165, 1.54) is 11.9 Å². The molecule has 4 unspecified atom stereocenters. The lowest BCUT2D eigenvalue weighted by molar-refractivity contribution is 0.335. The first-order valence-electron chi connectivity index (χ1n) is 10.1. The van der Waals surface area contributed by atoms with Crippen LogP contribution in [0.4, 0.5) is 0 Å². The molecule has 0 amide bonds. The van der Waals surface area contributed by atoms with Crippen molar-refractivity contribution in [1.82, 2.24) is 19.2 Å². The van der Waals surface area contributed by atoms with Crippen molar-refractivity contribution < 1.29 is 8.42 Å². The first-order valence-corrected chi connectivity index (χ1v) is 11.5. The SMILES string of the molecule is CCC(C)C(C)CNC1CN(S(=O)(=O)c2cn(C)cn2)CC1c1ccccc1. The van der Waals surface area contributed by atoms with Crippen LogP contribution < -0.4 is 5.32 Å². The Balaban J connectivity index is 1.80. The minimum atomic E-state index is -3.59. The summed E-state index contributed by atoms with van der Waals surface area (Å²) in [4.78, 5) is 4.08. The van der Waals surface area contributed by atoms with Crippen LogP contribution in [-0.4, -0.2) is 48.0 Å². The van der Waals surface area contributed by atoms with Gasteiger partial charge in [0.15, 0.2) is 5.03 Å². The summed E-state index contributed by atoms with van der Waals surface area (Å²) in [6.07, 6.45) is 4.25. The Labute approximate surface area is 169 Å². The summed E-state index contributed by atoms with van der Waals surface area (Å²) in [7, 11) is -1.81. The second-order valence-electron chi connectivity index (χ2n) is 8.09. The number of hydrogen-bond acceptors (Lipinski definition) is 4. The first kappa shape index (κ1) is 21.0. The van der Waals surface area contributed by atoms with Gasteiger partial charge in [-0.2, -0.15) is 4.31 Å². The van der Waals surface area contributed by atoms with Crippen molar-refractivity contribution in [3.05, 3.63) is 48.4 Å². The number of rotatable bonds is 8. The molecule has 6 nitrogen and oxygen atoms in total. The topological polar surface area (TPSA) is 67.2 Å². The Morgan fingerprint density at radius 2 is 1.89 bits per heavy atom. The Kier molecular flexibility index (Phi) is 6.58. The van der Waals surface area contributed by atoms with Crippen LogP contribution in [0.5, 0.6) is 0 Å². The van der Waals surface area contributed by atoms with Crippen LogP contribution in [0.1, 0.15) is 38.7 Å². The maximum absolute atomic E-state index is 13.1. The van der Waals surface area contributed by atoms with Gasteiger partial charge < -0.3 is 9.88 Å². The Morgan fingerprint density at radius 3 is 2.50 bits per heavy atom. The van der Waals surface area contributed by atoms with E-state index in [1.54, 1.807) is 22.1 Å². The molecule has 1 aromatic carbocycles. The molecule has 0 bridgehead atoms. The summed E-state index contributed by atoms with van der Waals surface area (Å²) in [6.45, 7) is 8.57. The lowest BCUT2D eigenvalue weighted by atomic mass is 9.91. The summed E-state index contributed by atoms with van der Waals surface area (Å²) < 4.78 is 29.4. The Bertz CT molecular complexity index is 866. The second kappa shape index (κ2) is 8.76. The number of aromatic nitrogens is 2. The van der Waals surface area contributed by atoms with E-state index in [2.05, 4.69) is 43.2 Å². The third-order valence-electron chi connectivity index (χ3n) is 6.12. The summed E-state index contributed by atoms with van der Waals surface area (Å²) in [5.74, 6) is 1.31. The van der Waals surface area contributed by atoms with Gasteiger partial charge in [-0.15, -0.1) is 0 Å². The maximum Gasteiger partial charge on any atom is 0.262 e. The van der Waals surface area contributed by atoms with Gasteiger partial charge in [0.1, 0.15) is 0 Å². The molecule has 28 heavy (non-hydrogen) atoms. The lowest BCUT2D eigenvalue weighted by Gasteiger charge is -2.25. The molecule has 1 fully saturated rings. The molecule has 154 valence electrons. The number of sulfonamides is 1. The van der Waals surface area contributed by atoms with Gasteiger partial charge >= 0.3 is 0 Å². The summed E-state index contributed by atoms with van der Waals surface area (Å²) in [6, 6.07) is 10.3. The van der Waals surface area contributed by atoms with E-state index in [0.29, 0.717) is 24.9 Å². The van der Waals surface area contributed by atoms with Crippen LogP contribution in [0, 0.1) is 11.8 Å². The largest absolute Gasteiger partial charge is 0.339 e. The summed E-state index contributed by atoms with van der Waals surface area (Å²) in [5, 5.41) is 3.79. The highest BCUT2D eigenvalue weighted by Crippen LogP contribution is 2.31. The van der Waals surface area contributed by atoms with Gasteiger partial charge in [0, 0.05) is 38.3 Å². The van der Waals surface area contributed by atoms with Crippen molar-refractivity contribution >= 4 is 10.0 Å². The van der Waals surface area contributed by atoms with Crippen LogP contribution in [0.15, 0.2) is 47.9 Å². The predicted molar refractivity (Wildman–Crippen MR) is 112 cm³/mol. The van der Waals surface area contributed by atoms with Crippen LogP contribution in [0.25, 0.3) is 0 Å². The van der Waals surface area contributed by atoms with Gasteiger partial charge in [-0.25, -0.2) is 13.4 Å². The van der Waals surface area contributed by atoms with Crippen LogP contribution in [-0.2, 0) is 17.1 Å². The highest BCUT2D eigenvalue weighted by Gasteiger charge is 2.40. The van der Waals surface area contributed by atoms with Gasteiger partial charge in [-0.3, -0.25) is 0 Å². The zero-order valence-corrected chi connectivity index (χ0v) is 18.1. The third kappa shape index (κ3) is 4.47. The number of benzene rings is 1. The fourth-order valence-electron chi connectivity index (χ4n) is 3.80. The van der Waals surface area contributed by atoms with Crippen LogP contribution >= 0.6 is 0 Å². The van der Waals surface area contributed by atoms with Crippen molar-refractivity contribution in [2.45, 2.75) is 44.2 Å². The zero-order chi connectivity index (χ0) is 20.3. The smallest absolute Gasteiger partial charge is 0.262 e. The quantitative estimate of drug-likeness (QED) is 0.735. The van der Waals surface area contributed by atoms with Crippen molar-refractivity contribution in [2.75, 3.05) is 19.6 Å². The number of nitrogens with one attached hydrogen (secondary N) is 1. The van der Waals surface area contributed by atoms with Crippen LogP contribution in [0.2, 0.25) is 0 Å². The summed E-state index contributed by atoms with van der Waals surface area (Å²) in [5.41, 5.74) is 1.18. The van der Waals surface area contributed by atoms with Gasteiger partial charge in [0.25, 0.3) is 10.0 Å². The van der Waals surface area contributed by atoms with E-state index in [0.717, 1.165) is 13.0 Å². The Hall–Kier alpha value is -1.70. The molecule has 1 N–H and O–H groups in total. The molecule has 1 saturated heterocycles. The average molecular weight is 405 g/mol. The van der Waals surface area contributed by atoms with E-state index in [9.17, 15) is 8.42 Å². The van der Waals surface area contributed by atoms with Crippen LogP contribution in [0.3, 0.4) is 0 Å². The van der Waals surface area contributed by atoms with Gasteiger partial charge in [-0.1, -0.05) is 57.5 Å². The molecule has 2 aromatic rings. The molecule has 2 heterocycles. The van der Waals surface area contributed by atoms with Crippen molar-refractivity contribution in [3.8, 4) is 0 Å². The van der Waals surface area contributed by atoms with E-state index in [-0.39, 0.29) is 17.0 Å². The van der Waals surface area contributed by atoms with Crippen molar-refractivity contribution in [2.24, 2.45) is 18.9 Å². The van der Waals surface area contributed by atoms with Gasteiger partial charge in [-0.05, 0) is 23.9 Å². The minimum absolute atomic E-state index is 0.0902. The van der Waals surface area contributed by atoms with E-state index in [4.69, 9.17) is 0 Å². The molecule has 1 aliphatic heterocycles. The molecule has 0 spiro atoms. The van der Waals surface area contributed by atoms with Crippen molar-refractivity contribution in [3.63, 3.8) is 0 Å². The summed E-state index contributed by atoms with van der Waals surface area (Å²) >= 11 is 0. The van der Waals surface area contributed by atoms with E-state index >= 15 is 0 Å². The molecular formula is C21H32N4O2S. The first-order chi connectivity index (χ1) is 13.3.